The lowest BCUT2D eigenvalue weighted by atomic mass is 10.2. The monoisotopic (exact) mass is 241 g/mol. The van der Waals surface area contributed by atoms with E-state index < -0.39 is 0 Å². The van der Waals surface area contributed by atoms with Crippen LogP contribution in [0.4, 0.5) is 0 Å². The Kier molecular flexibility index (Phi) is 5.49. The largest absolute Gasteiger partial charge is 0.504 e. The molecule has 0 heterocycles. The van der Waals surface area contributed by atoms with E-state index in [9.17, 15) is 5.11 Å². The predicted octanol–water partition coefficient (Wildman–Crippen LogP) is 2.24. The molecule has 1 aromatic rings. The lowest BCUT2D eigenvalue weighted by Gasteiger charge is -2.13. The number of nitrogens with one attached hydrogen (secondary N) is 1. The van der Waals surface area contributed by atoms with Gasteiger partial charge in [0.25, 0.3) is 0 Å². The first-order chi connectivity index (χ1) is 7.67. The van der Waals surface area contributed by atoms with Crippen molar-refractivity contribution >= 4 is 11.8 Å². The molecule has 0 fully saturated rings. The zero-order chi connectivity index (χ0) is 12.0. The molecule has 1 aromatic carbocycles. The zero-order valence-corrected chi connectivity index (χ0v) is 10.8. The topological polar surface area (TPSA) is 41.5 Å². The van der Waals surface area contributed by atoms with Crippen molar-refractivity contribution in [3.8, 4) is 11.5 Å². The lowest BCUT2D eigenvalue weighted by molar-refractivity contribution is 0.372. The minimum Gasteiger partial charge on any atom is -0.504 e. The second-order valence-electron chi connectivity index (χ2n) is 3.74. The van der Waals surface area contributed by atoms with Gasteiger partial charge in [0.15, 0.2) is 11.5 Å². The highest BCUT2D eigenvalue weighted by Crippen LogP contribution is 2.26. The summed E-state index contributed by atoms with van der Waals surface area (Å²) in [5, 5.41) is 12.9. The van der Waals surface area contributed by atoms with Crippen molar-refractivity contribution in [1.82, 2.24) is 5.32 Å². The third kappa shape index (κ3) is 3.94. The predicted molar refractivity (Wildman–Crippen MR) is 69.3 cm³/mol. The van der Waals surface area contributed by atoms with Crippen molar-refractivity contribution in [2.75, 3.05) is 19.1 Å². The second-order valence-corrected chi connectivity index (χ2v) is 4.65. The van der Waals surface area contributed by atoms with E-state index in [1.165, 1.54) is 0 Å². The Balaban J connectivity index is 2.54. The van der Waals surface area contributed by atoms with Crippen molar-refractivity contribution in [2.24, 2.45) is 0 Å². The van der Waals surface area contributed by atoms with Crippen LogP contribution in [0.1, 0.15) is 12.5 Å². The van der Waals surface area contributed by atoms with Crippen LogP contribution in [0, 0.1) is 0 Å². The van der Waals surface area contributed by atoms with Crippen LogP contribution in [0.2, 0.25) is 0 Å². The number of phenolic OH excluding ortho intramolecular Hbond substituents is 1. The zero-order valence-electron chi connectivity index (χ0n) is 9.99. The number of methoxy groups -OCH3 is 1. The van der Waals surface area contributed by atoms with Gasteiger partial charge in [0.05, 0.1) is 7.11 Å². The molecule has 0 aliphatic rings. The molecule has 16 heavy (non-hydrogen) atoms. The Hall–Kier alpha value is -0.870. The van der Waals surface area contributed by atoms with Gasteiger partial charge in [-0.1, -0.05) is 6.07 Å². The van der Waals surface area contributed by atoms with Gasteiger partial charge in [0, 0.05) is 18.3 Å². The maximum atomic E-state index is 9.45. The first-order valence-corrected chi connectivity index (χ1v) is 6.65. The molecule has 0 spiro atoms. The van der Waals surface area contributed by atoms with Gasteiger partial charge < -0.3 is 15.2 Å². The summed E-state index contributed by atoms with van der Waals surface area (Å²) in [7, 11) is 1.56. The normalized spacial score (nSPS) is 12.4. The minimum atomic E-state index is 0.184. The van der Waals surface area contributed by atoms with Gasteiger partial charge in [0.2, 0.25) is 0 Å². The molecule has 0 radical (unpaired) electrons. The highest BCUT2D eigenvalue weighted by atomic mass is 32.2. The summed E-state index contributed by atoms with van der Waals surface area (Å²) in [6.07, 6.45) is 2.10. The van der Waals surface area contributed by atoms with Crippen LogP contribution in [0.15, 0.2) is 18.2 Å². The second kappa shape index (κ2) is 6.66. The summed E-state index contributed by atoms with van der Waals surface area (Å²) in [6.45, 7) is 2.95. The summed E-state index contributed by atoms with van der Waals surface area (Å²) in [6, 6.07) is 5.90. The van der Waals surface area contributed by atoms with E-state index in [-0.39, 0.29) is 5.75 Å². The molecule has 1 atom stereocenters. The highest BCUT2D eigenvalue weighted by Gasteiger charge is 2.04. The fourth-order valence-corrected chi connectivity index (χ4v) is 2.05. The lowest BCUT2D eigenvalue weighted by Crippen LogP contribution is -2.27. The highest BCUT2D eigenvalue weighted by molar-refractivity contribution is 7.98. The van der Waals surface area contributed by atoms with Crippen LogP contribution >= 0.6 is 11.8 Å². The molecule has 0 saturated heterocycles. The van der Waals surface area contributed by atoms with Crippen molar-refractivity contribution in [3.63, 3.8) is 0 Å². The number of ether oxygens (including phenoxy) is 1. The number of hydrogen-bond donors (Lipinski definition) is 2. The molecule has 2 N–H and O–H groups in total. The van der Waals surface area contributed by atoms with Crippen LogP contribution in [0.3, 0.4) is 0 Å². The summed E-state index contributed by atoms with van der Waals surface area (Å²) in [5.74, 6) is 1.80. The molecule has 0 aliphatic carbocycles. The molecule has 0 bridgehead atoms. The first-order valence-electron chi connectivity index (χ1n) is 5.25. The molecule has 0 aliphatic heterocycles. The summed E-state index contributed by atoms with van der Waals surface area (Å²) in [4.78, 5) is 0. The van der Waals surface area contributed by atoms with Crippen LogP contribution in [-0.4, -0.2) is 30.3 Å². The fourth-order valence-electron chi connectivity index (χ4n) is 1.43. The van der Waals surface area contributed by atoms with Gasteiger partial charge in [-0.2, -0.15) is 11.8 Å². The molecule has 1 rings (SSSR count). The standard InChI is InChI=1S/C12H19NO2S/c1-9(8-16-3)13-7-10-4-5-11(14)12(6-10)15-2/h4-6,9,13-14H,7-8H2,1-3H3. The average Bonchev–Trinajstić information content (AvgIpc) is 2.28. The number of phenols is 1. The Morgan fingerprint density at radius 2 is 2.25 bits per heavy atom. The van der Waals surface area contributed by atoms with Crippen molar-refractivity contribution in [2.45, 2.75) is 19.5 Å². The van der Waals surface area contributed by atoms with Crippen molar-refractivity contribution in [1.29, 1.82) is 0 Å². The van der Waals surface area contributed by atoms with E-state index in [4.69, 9.17) is 4.74 Å². The number of aromatic hydroxyl groups is 1. The van der Waals surface area contributed by atoms with Crippen molar-refractivity contribution in [3.05, 3.63) is 23.8 Å². The maximum absolute atomic E-state index is 9.45. The van der Waals surface area contributed by atoms with Crippen LogP contribution in [-0.2, 0) is 6.54 Å². The third-order valence-electron chi connectivity index (χ3n) is 2.32. The smallest absolute Gasteiger partial charge is 0.160 e. The number of thioether (sulfide) groups is 1. The minimum absolute atomic E-state index is 0.184. The van der Waals surface area contributed by atoms with Gasteiger partial charge in [-0.15, -0.1) is 0 Å². The molecule has 4 heteroatoms. The van der Waals surface area contributed by atoms with E-state index in [1.54, 1.807) is 13.2 Å². The van der Waals surface area contributed by atoms with E-state index in [0.717, 1.165) is 17.9 Å². The Bertz CT molecular complexity index is 331. The number of benzene rings is 1. The molecule has 0 aromatic heterocycles. The number of hydrogen-bond acceptors (Lipinski definition) is 4. The quantitative estimate of drug-likeness (QED) is 0.801. The molecule has 1 unspecified atom stereocenters. The van der Waals surface area contributed by atoms with Gasteiger partial charge in [-0.05, 0) is 30.9 Å². The Morgan fingerprint density at radius 3 is 2.88 bits per heavy atom. The van der Waals surface area contributed by atoms with Crippen LogP contribution < -0.4 is 10.1 Å². The van der Waals surface area contributed by atoms with E-state index in [2.05, 4.69) is 18.5 Å². The van der Waals surface area contributed by atoms with Gasteiger partial charge >= 0.3 is 0 Å². The van der Waals surface area contributed by atoms with Crippen molar-refractivity contribution < 1.29 is 9.84 Å². The van der Waals surface area contributed by atoms with E-state index in [1.807, 2.05) is 23.9 Å². The molecular weight excluding hydrogens is 222 g/mol. The number of rotatable bonds is 6. The van der Waals surface area contributed by atoms with E-state index in [0.29, 0.717) is 11.8 Å². The Labute approximate surface area is 101 Å². The third-order valence-corrected chi connectivity index (χ3v) is 3.15. The first kappa shape index (κ1) is 13.2. The maximum Gasteiger partial charge on any atom is 0.160 e. The molecule has 0 saturated carbocycles. The molecular formula is C12H19NO2S. The van der Waals surface area contributed by atoms with Crippen LogP contribution in [0.5, 0.6) is 11.5 Å². The van der Waals surface area contributed by atoms with Crippen LogP contribution in [0.25, 0.3) is 0 Å². The average molecular weight is 241 g/mol. The molecule has 90 valence electrons. The summed E-state index contributed by atoms with van der Waals surface area (Å²) in [5.41, 5.74) is 1.11. The van der Waals surface area contributed by atoms with Gasteiger partial charge in [0.1, 0.15) is 0 Å². The molecule has 3 nitrogen and oxygen atoms in total. The Morgan fingerprint density at radius 1 is 1.50 bits per heavy atom. The fraction of sp³-hybridized carbons (Fsp3) is 0.500. The summed E-state index contributed by atoms with van der Waals surface area (Å²) >= 11 is 1.83. The SMILES string of the molecule is COc1cc(CNC(C)CSC)ccc1O. The molecule has 0 amide bonds. The van der Waals surface area contributed by atoms with E-state index >= 15 is 0 Å². The summed E-state index contributed by atoms with van der Waals surface area (Å²) < 4.78 is 5.06. The van der Waals surface area contributed by atoms with Gasteiger partial charge in [-0.25, -0.2) is 0 Å². The van der Waals surface area contributed by atoms with Gasteiger partial charge in [-0.3, -0.25) is 0 Å².